The number of aryl methyl sites for hydroxylation is 2. The van der Waals surface area contributed by atoms with Crippen LogP contribution in [0.4, 0.5) is 13.2 Å². The Bertz CT molecular complexity index is 1250. The molecular weight excluding hydrogens is 435 g/mol. The highest BCUT2D eigenvalue weighted by Gasteiger charge is 2.37. The third-order valence-corrected chi connectivity index (χ3v) is 5.30. The van der Waals surface area contributed by atoms with Crippen molar-refractivity contribution in [2.75, 3.05) is 6.26 Å². The van der Waals surface area contributed by atoms with Gasteiger partial charge in [-0.15, -0.1) is 0 Å². The quantitative estimate of drug-likeness (QED) is 0.570. The summed E-state index contributed by atoms with van der Waals surface area (Å²) in [5.41, 5.74) is -1.88. The van der Waals surface area contributed by atoms with Crippen molar-refractivity contribution >= 4 is 38.3 Å². The van der Waals surface area contributed by atoms with Crippen LogP contribution in [0.1, 0.15) is 21.6 Å². The van der Waals surface area contributed by atoms with Crippen LogP contribution in [0.3, 0.4) is 0 Å². The lowest BCUT2D eigenvalue weighted by Gasteiger charge is -2.16. The summed E-state index contributed by atoms with van der Waals surface area (Å²) in [6.45, 7) is 1.64. The predicted molar refractivity (Wildman–Crippen MR) is 97.8 cm³/mol. The van der Waals surface area contributed by atoms with E-state index in [0.29, 0.717) is 18.0 Å². The van der Waals surface area contributed by atoms with Gasteiger partial charge < -0.3 is 4.74 Å². The van der Waals surface area contributed by atoms with Gasteiger partial charge in [0.25, 0.3) is 0 Å². The molecule has 29 heavy (non-hydrogen) atoms. The number of hydrogen-bond acceptors (Lipinski definition) is 6. The summed E-state index contributed by atoms with van der Waals surface area (Å²) in [6.07, 6.45) is -3.21. The first-order chi connectivity index (χ1) is 13.3. The monoisotopic (exact) mass is 447 g/mol. The van der Waals surface area contributed by atoms with E-state index < -0.39 is 48.9 Å². The van der Waals surface area contributed by atoms with Crippen LogP contribution in [0.2, 0.25) is 5.02 Å². The molecule has 154 valence electrons. The summed E-state index contributed by atoms with van der Waals surface area (Å²) in [5, 5.41) is 3.35. The van der Waals surface area contributed by atoms with Crippen molar-refractivity contribution in [1.82, 2.24) is 14.8 Å². The molecule has 0 saturated carbocycles. The standard InChI is InChI=1S/C17H13ClF3N3O4S/c1-8-4-13(24(2)23-8)28-16(25)14-12(29(3,26)27)6-11(17(19,20)21)10-5-9(18)7-22-15(10)14/h4-7H,1-3H3. The van der Waals surface area contributed by atoms with Gasteiger partial charge in [-0.2, -0.15) is 18.3 Å². The Hall–Kier alpha value is -2.66. The second kappa shape index (κ2) is 6.99. The molecule has 0 bridgehead atoms. The van der Waals surface area contributed by atoms with Crippen LogP contribution in [-0.4, -0.2) is 35.4 Å². The van der Waals surface area contributed by atoms with Crippen molar-refractivity contribution in [2.45, 2.75) is 18.0 Å². The highest BCUT2D eigenvalue weighted by atomic mass is 35.5. The smallest absolute Gasteiger partial charge is 0.404 e. The summed E-state index contributed by atoms with van der Waals surface area (Å²) < 4.78 is 71.5. The number of carbonyl (C=O) groups is 1. The van der Waals surface area contributed by atoms with E-state index in [1.807, 2.05) is 0 Å². The number of aromatic nitrogens is 3. The van der Waals surface area contributed by atoms with Crippen LogP contribution >= 0.6 is 11.6 Å². The SMILES string of the molecule is Cc1cc(OC(=O)c2c(S(C)(=O)=O)cc(C(F)(F)F)c3cc(Cl)cnc23)n(C)n1. The molecule has 0 fully saturated rings. The van der Waals surface area contributed by atoms with E-state index in [9.17, 15) is 26.4 Å². The average molecular weight is 448 g/mol. The average Bonchev–Trinajstić information content (AvgIpc) is 2.88. The lowest BCUT2D eigenvalue weighted by Crippen LogP contribution is -2.18. The number of pyridine rings is 1. The Labute approximate surface area is 168 Å². The van der Waals surface area contributed by atoms with Crippen LogP contribution in [0.15, 0.2) is 29.3 Å². The van der Waals surface area contributed by atoms with Gasteiger partial charge in [-0.25, -0.2) is 17.9 Å². The van der Waals surface area contributed by atoms with Gasteiger partial charge in [0, 0.05) is 31.0 Å². The molecule has 2 heterocycles. The summed E-state index contributed by atoms with van der Waals surface area (Å²) in [6, 6.07) is 2.76. The minimum Gasteiger partial charge on any atom is -0.404 e. The number of halogens is 4. The molecule has 1 aromatic carbocycles. The van der Waals surface area contributed by atoms with Gasteiger partial charge in [-0.3, -0.25) is 4.98 Å². The Morgan fingerprint density at radius 3 is 2.41 bits per heavy atom. The largest absolute Gasteiger partial charge is 0.417 e. The summed E-state index contributed by atoms with van der Waals surface area (Å²) in [5.74, 6) is -1.21. The Morgan fingerprint density at radius 2 is 1.90 bits per heavy atom. The maximum Gasteiger partial charge on any atom is 0.417 e. The normalized spacial score (nSPS) is 12.4. The zero-order chi connectivity index (χ0) is 21.7. The van der Waals surface area contributed by atoms with Crippen LogP contribution in [-0.2, 0) is 23.1 Å². The maximum atomic E-state index is 13.6. The molecule has 12 heteroatoms. The first-order valence-electron chi connectivity index (χ1n) is 7.91. The van der Waals surface area contributed by atoms with Gasteiger partial charge in [-0.1, -0.05) is 11.6 Å². The van der Waals surface area contributed by atoms with E-state index in [0.717, 1.165) is 12.3 Å². The second-order valence-corrected chi connectivity index (χ2v) is 8.67. The van der Waals surface area contributed by atoms with E-state index in [2.05, 4.69) is 10.1 Å². The van der Waals surface area contributed by atoms with Crippen LogP contribution in [0, 0.1) is 6.92 Å². The van der Waals surface area contributed by atoms with Gasteiger partial charge in [0.05, 0.1) is 26.7 Å². The Morgan fingerprint density at radius 1 is 1.24 bits per heavy atom. The summed E-state index contributed by atoms with van der Waals surface area (Å²) in [4.78, 5) is 15.8. The fraction of sp³-hybridized carbons (Fsp3) is 0.235. The van der Waals surface area contributed by atoms with Crippen LogP contribution in [0.25, 0.3) is 10.9 Å². The second-order valence-electron chi connectivity index (χ2n) is 6.25. The van der Waals surface area contributed by atoms with Crippen LogP contribution in [0.5, 0.6) is 5.88 Å². The molecular formula is C17H13ClF3N3O4S. The fourth-order valence-corrected chi connectivity index (χ4v) is 3.83. The topological polar surface area (TPSA) is 91.2 Å². The zero-order valence-corrected chi connectivity index (χ0v) is 16.8. The van der Waals surface area contributed by atoms with Crippen molar-refractivity contribution < 1.29 is 31.1 Å². The maximum absolute atomic E-state index is 13.6. The van der Waals surface area contributed by atoms with Gasteiger partial charge in [0.15, 0.2) is 9.84 Å². The number of alkyl halides is 3. The van der Waals surface area contributed by atoms with Gasteiger partial charge in [0.1, 0.15) is 5.56 Å². The number of fused-ring (bicyclic) bond motifs is 1. The molecule has 0 aliphatic carbocycles. The third-order valence-electron chi connectivity index (χ3n) is 3.97. The number of ether oxygens (including phenoxy) is 1. The van der Waals surface area contributed by atoms with Crippen molar-refractivity contribution in [3.63, 3.8) is 0 Å². The van der Waals surface area contributed by atoms with Gasteiger partial charge in [-0.05, 0) is 19.1 Å². The van der Waals surface area contributed by atoms with E-state index in [1.54, 1.807) is 6.92 Å². The molecule has 0 aliphatic heterocycles. The van der Waals surface area contributed by atoms with Crippen molar-refractivity contribution in [3.8, 4) is 5.88 Å². The minimum atomic E-state index is -4.91. The molecule has 0 radical (unpaired) electrons. The summed E-state index contributed by atoms with van der Waals surface area (Å²) in [7, 11) is -2.77. The highest BCUT2D eigenvalue weighted by molar-refractivity contribution is 7.90. The van der Waals surface area contributed by atoms with E-state index in [-0.39, 0.29) is 10.9 Å². The lowest BCUT2D eigenvalue weighted by molar-refractivity contribution is -0.136. The highest BCUT2D eigenvalue weighted by Crippen LogP contribution is 2.39. The number of nitrogens with zero attached hydrogens (tertiary/aromatic N) is 3. The number of benzene rings is 1. The summed E-state index contributed by atoms with van der Waals surface area (Å²) >= 11 is 5.78. The Kier molecular flexibility index (Phi) is 5.08. The molecule has 0 unspecified atom stereocenters. The van der Waals surface area contributed by atoms with E-state index in [1.165, 1.54) is 17.8 Å². The molecule has 3 aromatic rings. The molecule has 0 amide bonds. The molecule has 3 rings (SSSR count). The van der Waals surface area contributed by atoms with Crippen molar-refractivity contribution in [2.24, 2.45) is 7.05 Å². The molecule has 7 nitrogen and oxygen atoms in total. The minimum absolute atomic E-state index is 0.0195. The Balaban J connectivity index is 2.35. The number of esters is 1. The predicted octanol–water partition coefficient (Wildman–Crippen LogP) is 3.57. The first-order valence-corrected chi connectivity index (χ1v) is 10.2. The molecule has 0 spiro atoms. The molecule has 0 N–H and O–H groups in total. The van der Waals surface area contributed by atoms with Crippen molar-refractivity contribution in [1.29, 1.82) is 0 Å². The first kappa shape index (κ1) is 21.1. The van der Waals surface area contributed by atoms with Crippen LogP contribution < -0.4 is 4.74 Å². The number of carbonyl (C=O) groups excluding carboxylic acids is 1. The third kappa shape index (κ3) is 4.06. The molecule has 0 aliphatic rings. The number of hydrogen-bond donors (Lipinski definition) is 0. The number of sulfone groups is 1. The molecule has 0 saturated heterocycles. The number of rotatable bonds is 3. The molecule has 0 atom stereocenters. The zero-order valence-electron chi connectivity index (χ0n) is 15.2. The van der Waals surface area contributed by atoms with E-state index >= 15 is 0 Å². The van der Waals surface area contributed by atoms with Gasteiger partial charge >= 0.3 is 12.1 Å². The lowest BCUT2D eigenvalue weighted by atomic mass is 10.0. The van der Waals surface area contributed by atoms with Gasteiger partial charge in [0.2, 0.25) is 5.88 Å². The van der Waals surface area contributed by atoms with E-state index in [4.69, 9.17) is 16.3 Å². The fourth-order valence-electron chi connectivity index (χ4n) is 2.79. The molecule has 2 aromatic heterocycles. The van der Waals surface area contributed by atoms with Crippen molar-refractivity contribution in [3.05, 3.63) is 46.2 Å².